The quantitative estimate of drug-likeness (QED) is 0.292. The van der Waals surface area contributed by atoms with Crippen LogP contribution < -0.4 is 0 Å². The van der Waals surface area contributed by atoms with Crippen molar-refractivity contribution in [1.29, 1.82) is 0 Å². The molecular formula is C23H18F6N2O5S2. The average Bonchev–Trinajstić information content (AvgIpc) is 3.47. The normalized spacial score (nSPS) is 22.2. The number of hydrogen-bond acceptors (Lipinski definition) is 7. The third-order valence-corrected chi connectivity index (χ3v) is 7.28. The van der Waals surface area contributed by atoms with Crippen LogP contribution in [0.25, 0.3) is 17.4 Å². The second-order valence-electron chi connectivity index (χ2n) is 8.70. The molecule has 4 rings (SSSR count). The highest BCUT2D eigenvalue weighted by atomic mass is 32.2. The van der Waals surface area contributed by atoms with Gasteiger partial charge in [-0.2, -0.15) is 26.3 Å². The lowest BCUT2D eigenvalue weighted by Gasteiger charge is -2.21. The summed E-state index contributed by atoms with van der Waals surface area (Å²) in [6.45, 7) is 0.139. The number of carbonyl (C=O) groups is 2. The summed E-state index contributed by atoms with van der Waals surface area (Å²) in [6, 6.07) is 3.57. The summed E-state index contributed by atoms with van der Waals surface area (Å²) in [6.07, 6.45) is -9.64. The van der Waals surface area contributed by atoms with Gasteiger partial charge < -0.3 is 14.6 Å². The summed E-state index contributed by atoms with van der Waals surface area (Å²) in [5, 5.41) is 19.2. The van der Waals surface area contributed by atoms with E-state index in [-0.39, 0.29) is 53.0 Å². The molecule has 2 saturated heterocycles. The molecule has 1 amide bonds. The fourth-order valence-electron chi connectivity index (χ4n) is 4.15. The van der Waals surface area contributed by atoms with Crippen LogP contribution in [0.5, 0.6) is 0 Å². The molecule has 15 heteroatoms. The molecule has 1 aromatic carbocycles. The van der Waals surface area contributed by atoms with Crippen LogP contribution in [-0.4, -0.2) is 68.5 Å². The van der Waals surface area contributed by atoms with Crippen LogP contribution in [0.3, 0.4) is 0 Å². The lowest BCUT2D eigenvalue weighted by atomic mass is 10.0. The van der Waals surface area contributed by atoms with Crippen LogP contribution in [0.4, 0.5) is 26.3 Å². The Balaban J connectivity index is 1.53. The van der Waals surface area contributed by atoms with E-state index in [1.54, 1.807) is 0 Å². The van der Waals surface area contributed by atoms with Gasteiger partial charge in [0.05, 0.1) is 28.7 Å². The van der Waals surface area contributed by atoms with E-state index in [0.717, 1.165) is 11.8 Å². The number of nitrogens with zero attached hydrogens (tertiary/aromatic N) is 2. The average molecular weight is 581 g/mol. The van der Waals surface area contributed by atoms with E-state index >= 15 is 0 Å². The number of benzene rings is 1. The minimum Gasteiger partial charge on any atom is -0.480 e. The molecule has 2 aliphatic rings. The van der Waals surface area contributed by atoms with Crippen LogP contribution >= 0.6 is 24.0 Å². The summed E-state index contributed by atoms with van der Waals surface area (Å²) in [4.78, 5) is 26.7. The summed E-state index contributed by atoms with van der Waals surface area (Å²) >= 11 is 6.17. The Morgan fingerprint density at radius 1 is 1.11 bits per heavy atom. The molecule has 38 heavy (non-hydrogen) atoms. The van der Waals surface area contributed by atoms with Crippen LogP contribution in [-0.2, 0) is 21.9 Å². The highest BCUT2D eigenvalue weighted by molar-refractivity contribution is 8.26. The van der Waals surface area contributed by atoms with E-state index in [1.807, 2.05) is 0 Å². The zero-order valence-corrected chi connectivity index (χ0v) is 20.7. The predicted octanol–water partition coefficient (Wildman–Crippen LogP) is 4.56. The Morgan fingerprint density at radius 3 is 2.32 bits per heavy atom. The molecule has 2 aliphatic heterocycles. The van der Waals surface area contributed by atoms with Crippen molar-refractivity contribution in [3.63, 3.8) is 0 Å². The van der Waals surface area contributed by atoms with Crippen LogP contribution in [0.15, 0.2) is 39.7 Å². The van der Waals surface area contributed by atoms with Gasteiger partial charge in [-0.25, -0.2) is 0 Å². The zero-order chi connectivity index (χ0) is 28.0. The van der Waals surface area contributed by atoms with E-state index in [0.29, 0.717) is 12.1 Å². The van der Waals surface area contributed by atoms with E-state index in [2.05, 4.69) is 0 Å². The number of carboxylic acid groups (broad SMARTS) is 1. The maximum Gasteiger partial charge on any atom is 0.416 e. The smallest absolute Gasteiger partial charge is 0.416 e. The van der Waals surface area contributed by atoms with Crippen LogP contribution in [0.1, 0.15) is 16.9 Å². The number of β-amino-alcohol motifs (C(OH)–C–C–N with tert-alkyl or cyclic N) is 1. The van der Waals surface area contributed by atoms with Gasteiger partial charge in [0, 0.05) is 37.2 Å². The first-order valence-electron chi connectivity index (χ1n) is 10.9. The molecule has 3 heterocycles. The Hall–Kier alpha value is -2.88. The number of hydrogen-bond donors (Lipinski definition) is 2. The molecule has 2 atom stereocenters. The SMILES string of the molecule is O=C(O)CN1CC(O)C(CN2C(=O)C(=Cc3ccc(-c4cc(C(F)(F)F)cc(C(F)(F)F)c4)o3)SC2=S)C1. The number of halogens is 6. The van der Waals surface area contributed by atoms with Gasteiger partial charge in [0.25, 0.3) is 5.91 Å². The fraction of sp³-hybridized carbons (Fsp3) is 0.348. The molecule has 7 nitrogen and oxygen atoms in total. The number of thiocarbonyl (C=S) groups is 1. The van der Waals surface area contributed by atoms with Crippen molar-refractivity contribution in [3.05, 3.63) is 52.1 Å². The van der Waals surface area contributed by atoms with E-state index in [9.17, 15) is 41.0 Å². The van der Waals surface area contributed by atoms with Crippen LogP contribution in [0.2, 0.25) is 0 Å². The molecule has 0 saturated carbocycles. The number of alkyl halides is 6. The third kappa shape index (κ3) is 6.22. The van der Waals surface area contributed by atoms with Gasteiger partial charge in [-0.15, -0.1) is 0 Å². The zero-order valence-electron chi connectivity index (χ0n) is 19.0. The molecule has 0 bridgehead atoms. The van der Waals surface area contributed by atoms with E-state index < -0.39 is 52.9 Å². The number of likely N-dealkylation sites (tertiary alicyclic amines) is 1. The molecule has 204 valence electrons. The molecule has 0 aliphatic carbocycles. The second kappa shape index (κ2) is 10.4. The van der Waals surface area contributed by atoms with Crippen molar-refractivity contribution >= 4 is 46.3 Å². The van der Waals surface area contributed by atoms with Crippen molar-refractivity contribution in [2.75, 3.05) is 26.2 Å². The lowest BCUT2D eigenvalue weighted by molar-refractivity contribution is -0.143. The van der Waals surface area contributed by atoms with Gasteiger partial charge >= 0.3 is 18.3 Å². The van der Waals surface area contributed by atoms with Crippen LogP contribution in [0, 0.1) is 5.92 Å². The lowest BCUT2D eigenvalue weighted by Crippen LogP contribution is -2.37. The number of aliphatic carboxylic acids is 1. The van der Waals surface area contributed by atoms with E-state index in [1.165, 1.54) is 28.0 Å². The molecule has 2 N–H and O–H groups in total. The summed E-state index contributed by atoms with van der Waals surface area (Å²) in [5.74, 6) is -2.30. The largest absolute Gasteiger partial charge is 0.480 e. The maximum absolute atomic E-state index is 13.2. The maximum atomic E-state index is 13.2. The first kappa shape index (κ1) is 28.1. The van der Waals surface area contributed by atoms with Gasteiger partial charge in [0.1, 0.15) is 15.8 Å². The number of aliphatic hydroxyl groups is 1. The number of aliphatic hydroxyl groups excluding tert-OH is 1. The molecule has 0 radical (unpaired) electrons. The monoisotopic (exact) mass is 580 g/mol. The number of thioether (sulfide) groups is 1. The van der Waals surface area contributed by atoms with Crippen molar-refractivity contribution in [2.24, 2.45) is 5.92 Å². The van der Waals surface area contributed by atoms with E-state index in [4.69, 9.17) is 21.7 Å². The number of carbonyl (C=O) groups excluding carboxylic acids is 1. The third-order valence-electron chi connectivity index (χ3n) is 5.90. The first-order valence-corrected chi connectivity index (χ1v) is 12.1. The molecule has 2 fully saturated rings. The van der Waals surface area contributed by atoms with Gasteiger partial charge in [-0.05, 0) is 30.3 Å². The van der Waals surface area contributed by atoms with Crippen molar-refractivity contribution < 1.29 is 50.6 Å². The topological polar surface area (TPSA) is 94.2 Å². The van der Waals surface area contributed by atoms with Gasteiger partial charge in [0.15, 0.2) is 0 Å². The van der Waals surface area contributed by atoms with Gasteiger partial charge in [0.2, 0.25) is 0 Å². The Bertz CT molecular complexity index is 1270. The number of amides is 1. The second-order valence-corrected chi connectivity index (χ2v) is 10.4. The van der Waals surface area contributed by atoms with Gasteiger partial charge in [-0.3, -0.25) is 19.4 Å². The first-order chi connectivity index (χ1) is 17.6. The van der Waals surface area contributed by atoms with Crippen molar-refractivity contribution in [1.82, 2.24) is 9.80 Å². The summed E-state index contributed by atoms with van der Waals surface area (Å²) < 4.78 is 84.7. The molecule has 2 unspecified atom stereocenters. The fourth-order valence-corrected chi connectivity index (χ4v) is 5.40. The number of carboxylic acids is 1. The number of rotatable bonds is 6. The Kier molecular flexibility index (Phi) is 7.67. The summed E-state index contributed by atoms with van der Waals surface area (Å²) in [7, 11) is 0. The minimum atomic E-state index is -5.02. The van der Waals surface area contributed by atoms with Crippen molar-refractivity contribution in [2.45, 2.75) is 18.5 Å². The summed E-state index contributed by atoms with van der Waals surface area (Å²) in [5.41, 5.74) is -3.42. The Labute approximate surface area is 220 Å². The number of furan rings is 1. The standard InChI is InChI=1S/C23H18F6N2O5S2/c24-22(25,26)13-3-11(4-14(5-13)23(27,28)29)17-2-1-15(36-17)6-18-20(35)31(21(37)38-18)8-12-7-30(9-16(12)32)10-19(33)34/h1-6,12,16,32H,7-10H2,(H,33,34). The van der Waals surface area contributed by atoms with Crippen molar-refractivity contribution in [3.8, 4) is 11.3 Å². The highest BCUT2D eigenvalue weighted by Gasteiger charge is 2.40. The predicted molar refractivity (Wildman–Crippen MR) is 128 cm³/mol. The molecular weight excluding hydrogens is 562 g/mol. The van der Waals surface area contributed by atoms with Gasteiger partial charge in [-0.1, -0.05) is 24.0 Å². The molecule has 1 aromatic heterocycles. The molecule has 2 aromatic rings. The molecule has 0 spiro atoms. The highest BCUT2D eigenvalue weighted by Crippen LogP contribution is 2.40. The minimum absolute atomic E-state index is 0.00000449. The Morgan fingerprint density at radius 2 is 1.74 bits per heavy atom.